The number of benzene rings is 3. The number of hydrogen-bond donors (Lipinski definition) is 0. The molecule has 0 bridgehead atoms. The van der Waals surface area contributed by atoms with Gasteiger partial charge in [0.2, 0.25) is 0 Å². The van der Waals surface area contributed by atoms with Gasteiger partial charge in [-0.2, -0.15) is 0 Å². The second kappa shape index (κ2) is 4.90. The van der Waals surface area contributed by atoms with Gasteiger partial charge in [0.05, 0.1) is 23.1 Å². The maximum atomic E-state index is 12.5. The molecule has 0 radical (unpaired) electrons. The summed E-state index contributed by atoms with van der Waals surface area (Å²) in [6.45, 7) is 0. The number of para-hydroxylation sites is 2. The summed E-state index contributed by atoms with van der Waals surface area (Å²) in [5.74, 6) is 0.950. The van der Waals surface area contributed by atoms with Crippen LogP contribution in [0.5, 0.6) is 0 Å². The SMILES string of the molecule is O=C1Cc2nc3ccccc3n2-c2cc(-c3ccccc3)ccc21. The predicted octanol–water partition coefficient (Wildman–Crippen LogP) is 4.43. The van der Waals surface area contributed by atoms with Gasteiger partial charge in [-0.3, -0.25) is 9.36 Å². The van der Waals surface area contributed by atoms with Crippen LogP contribution in [0.2, 0.25) is 0 Å². The zero-order valence-corrected chi connectivity index (χ0v) is 12.9. The van der Waals surface area contributed by atoms with Gasteiger partial charge in [-0.25, -0.2) is 4.98 Å². The van der Waals surface area contributed by atoms with Crippen LogP contribution in [-0.4, -0.2) is 15.3 Å². The molecule has 3 nitrogen and oxygen atoms in total. The monoisotopic (exact) mass is 310 g/mol. The maximum Gasteiger partial charge on any atom is 0.172 e. The summed E-state index contributed by atoms with van der Waals surface area (Å²) in [4.78, 5) is 17.2. The minimum atomic E-state index is 0.132. The third-order valence-electron chi connectivity index (χ3n) is 4.60. The molecule has 0 fully saturated rings. The molecule has 0 unspecified atom stereocenters. The largest absolute Gasteiger partial charge is 0.295 e. The number of ketones is 1. The fraction of sp³-hybridized carbons (Fsp3) is 0.0476. The van der Waals surface area contributed by atoms with E-state index in [4.69, 9.17) is 0 Å². The molecule has 5 rings (SSSR count). The Balaban J connectivity index is 1.81. The molecule has 24 heavy (non-hydrogen) atoms. The number of aromatic nitrogens is 2. The van der Waals surface area contributed by atoms with Crippen LogP contribution in [0.4, 0.5) is 0 Å². The molecule has 0 amide bonds. The Morgan fingerprint density at radius 3 is 2.50 bits per heavy atom. The van der Waals surface area contributed by atoms with E-state index in [0.29, 0.717) is 6.42 Å². The topological polar surface area (TPSA) is 34.9 Å². The summed E-state index contributed by atoms with van der Waals surface area (Å²) in [5.41, 5.74) is 5.92. The van der Waals surface area contributed by atoms with Crippen molar-refractivity contribution in [3.05, 3.63) is 84.2 Å². The Morgan fingerprint density at radius 2 is 1.62 bits per heavy atom. The second-order valence-electron chi connectivity index (χ2n) is 6.05. The maximum absolute atomic E-state index is 12.5. The summed E-state index contributed by atoms with van der Waals surface area (Å²) in [6, 6.07) is 24.3. The number of imidazole rings is 1. The summed E-state index contributed by atoms with van der Waals surface area (Å²) in [7, 11) is 0. The summed E-state index contributed by atoms with van der Waals surface area (Å²) < 4.78 is 2.12. The minimum Gasteiger partial charge on any atom is -0.295 e. The smallest absolute Gasteiger partial charge is 0.172 e. The van der Waals surface area contributed by atoms with Gasteiger partial charge in [0.1, 0.15) is 5.82 Å². The molecule has 1 aromatic heterocycles. The van der Waals surface area contributed by atoms with E-state index < -0.39 is 0 Å². The highest BCUT2D eigenvalue weighted by molar-refractivity contribution is 6.04. The van der Waals surface area contributed by atoms with Crippen molar-refractivity contribution in [3.8, 4) is 16.8 Å². The first-order valence-corrected chi connectivity index (χ1v) is 8.01. The first kappa shape index (κ1) is 13.3. The van der Waals surface area contributed by atoms with Gasteiger partial charge in [-0.05, 0) is 35.4 Å². The highest BCUT2D eigenvalue weighted by Crippen LogP contribution is 2.32. The van der Waals surface area contributed by atoms with Crippen LogP contribution in [0.3, 0.4) is 0 Å². The number of carbonyl (C=O) groups is 1. The third-order valence-corrected chi connectivity index (χ3v) is 4.60. The number of rotatable bonds is 1. The number of fused-ring (bicyclic) bond motifs is 5. The number of Topliss-reactive ketones (excluding diaryl/α,β-unsaturated/α-hetero) is 1. The number of nitrogens with zero attached hydrogens (tertiary/aromatic N) is 2. The molecule has 2 heterocycles. The van der Waals surface area contributed by atoms with Crippen LogP contribution in [0.25, 0.3) is 27.8 Å². The molecule has 0 saturated carbocycles. The van der Waals surface area contributed by atoms with Crippen LogP contribution in [-0.2, 0) is 6.42 Å². The van der Waals surface area contributed by atoms with Crippen molar-refractivity contribution in [1.82, 2.24) is 9.55 Å². The lowest BCUT2D eigenvalue weighted by atomic mass is 9.97. The number of carbonyl (C=O) groups excluding carboxylic acids is 1. The second-order valence-corrected chi connectivity index (χ2v) is 6.05. The molecule has 3 aromatic carbocycles. The Kier molecular flexibility index (Phi) is 2.71. The average Bonchev–Trinajstić information content (AvgIpc) is 3.00. The standard InChI is InChI=1S/C21H14N2O/c24-20-13-21-22-17-8-4-5-9-18(17)23(21)19-12-15(10-11-16(19)20)14-6-2-1-3-7-14/h1-12H,13H2. The van der Waals surface area contributed by atoms with E-state index in [2.05, 4.69) is 33.8 Å². The van der Waals surface area contributed by atoms with Gasteiger partial charge in [0.25, 0.3) is 0 Å². The lowest BCUT2D eigenvalue weighted by Gasteiger charge is -2.19. The summed E-state index contributed by atoms with van der Waals surface area (Å²) in [6.07, 6.45) is 0.354. The Labute approximate surface area is 139 Å². The van der Waals surface area contributed by atoms with Gasteiger partial charge in [0.15, 0.2) is 5.78 Å². The molecule has 0 spiro atoms. The highest BCUT2D eigenvalue weighted by atomic mass is 16.1. The summed E-state index contributed by atoms with van der Waals surface area (Å²) >= 11 is 0. The molecule has 0 atom stereocenters. The van der Waals surface area contributed by atoms with Crippen molar-refractivity contribution in [1.29, 1.82) is 0 Å². The van der Waals surface area contributed by atoms with E-state index in [1.165, 1.54) is 0 Å². The Hall–Kier alpha value is -3.20. The first-order valence-electron chi connectivity index (χ1n) is 8.01. The van der Waals surface area contributed by atoms with E-state index in [0.717, 1.165) is 39.2 Å². The zero-order valence-electron chi connectivity index (χ0n) is 12.9. The fourth-order valence-corrected chi connectivity index (χ4v) is 3.46. The normalized spacial score (nSPS) is 12.9. The molecule has 114 valence electrons. The fourth-order valence-electron chi connectivity index (χ4n) is 3.46. The predicted molar refractivity (Wildman–Crippen MR) is 94.5 cm³/mol. The molecule has 0 aliphatic carbocycles. The molecule has 1 aliphatic rings. The highest BCUT2D eigenvalue weighted by Gasteiger charge is 2.25. The van der Waals surface area contributed by atoms with E-state index in [9.17, 15) is 4.79 Å². The van der Waals surface area contributed by atoms with Gasteiger partial charge in [0, 0.05) is 5.56 Å². The van der Waals surface area contributed by atoms with Crippen LogP contribution in [0.1, 0.15) is 16.2 Å². The van der Waals surface area contributed by atoms with Crippen molar-refractivity contribution < 1.29 is 4.79 Å². The average molecular weight is 310 g/mol. The molecule has 1 aliphatic heterocycles. The molecule has 0 saturated heterocycles. The quantitative estimate of drug-likeness (QED) is 0.521. The summed E-state index contributed by atoms with van der Waals surface area (Å²) in [5, 5.41) is 0. The van der Waals surface area contributed by atoms with Crippen molar-refractivity contribution in [2.75, 3.05) is 0 Å². The van der Waals surface area contributed by atoms with Crippen LogP contribution in [0, 0.1) is 0 Å². The lowest BCUT2D eigenvalue weighted by Crippen LogP contribution is -2.18. The van der Waals surface area contributed by atoms with Gasteiger partial charge < -0.3 is 0 Å². The Bertz CT molecular complexity index is 1090. The van der Waals surface area contributed by atoms with E-state index in [1.807, 2.05) is 48.5 Å². The van der Waals surface area contributed by atoms with Crippen molar-refractivity contribution >= 4 is 16.8 Å². The molecule has 3 heteroatoms. The van der Waals surface area contributed by atoms with Gasteiger partial charge >= 0.3 is 0 Å². The first-order chi connectivity index (χ1) is 11.8. The van der Waals surface area contributed by atoms with Gasteiger partial charge in [-0.15, -0.1) is 0 Å². The van der Waals surface area contributed by atoms with Crippen molar-refractivity contribution in [2.45, 2.75) is 6.42 Å². The van der Waals surface area contributed by atoms with Crippen LogP contribution < -0.4 is 0 Å². The van der Waals surface area contributed by atoms with E-state index >= 15 is 0 Å². The van der Waals surface area contributed by atoms with Crippen LogP contribution in [0.15, 0.2) is 72.8 Å². The third kappa shape index (κ3) is 1.85. The number of hydrogen-bond acceptors (Lipinski definition) is 2. The Morgan fingerprint density at radius 1 is 0.833 bits per heavy atom. The molecule has 4 aromatic rings. The molecular weight excluding hydrogens is 296 g/mol. The van der Waals surface area contributed by atoms with Gasteiger partial charge in [-0.1, -0.05) is 48.5 Å². The van der Waals surface area contributed by atoms with E-state index in [-0.39, 0.29) is 5.78 Å². The van der Waals surface area contributed by atoms with E-state index in [1.54, 1.807) is 0 Å². The zero-order chi connectivity index (χ0) is 16.1. The molecule has 0 N–H and O–H groups in total. The minimum absolute atomic E-state index is 0.132. The molecular formula is C21H14N2O. The van der Waals surface area contributed by atoms with Crippen LogP contribution >= 0.6 is 0 Å². The van der Waals surface area contributed by atoms with Crippen molar-refractivity contribution in [3.63, 3.8) is 0 Å². The van der Waals surface area contributed by atoms with Crippen molar-refractivity contribution in [2.24, 2.45) is 0 Å². The lowest BCUT2D eigenvalue weighted by molar-refractivity contribution is 0.0986.